The summed E-state index contributed by atoms with van der Waals surface area (Å²) in [5, 5.41) is 0. The van der Waals surface area contributed by atoms with Gasteiger partial charge in [-0.05, 0) is 47.5 Å². The number of ether oxygens (including phenoxy) is 1. The SMILES string of the molecule is O=C(C=Cc1ccc(Sc2cccc(NS(=O)(=O)Cc3cccnc3)c2)c(C(F)(F)F)c1C(F)(F)F)N1CCOCC1. The zero-order chi connectivity index (χ0) is 30.5. The highest BCUT2D eigenvalue weighted by atomic mass is 32.2. The molecule has 0 radical (unpaired) electrons. The van der Waals surface area contributed by atoms with E-state index >= 15 is 0 Å². The number of pyridine rings is 1. The number of carbonyl (C=O) groups is 1. The van der Waals surface area contributed by atoms with Crippen LogP contribution in [0.5, 0.6) is 0 Å². The van der Waals surface area contributed by atoms with Crippen LogP contribution >= 0.6 is 11.8 Å². The first-order valence-electron chi connectivity index (χ1n) is 12.3. The van der Waals surface area contributed by atoms with Crippen LogP contribution in [0.3, 0.4) is 0 Å². The minimum atomic E-state index is -5.41. The maximum Gasteiger partial charge on any atom is 0.418 e. The molecule has 0 unspecified atom stereocenters. The smallest absolute Gasteiger partial charge is 0.378 e. The van der Waals surface area contributed by atoms with E-state index in [9.17, 15) is 39.6 Å². The van der Waals surface area contributed by atoms with Crippen LogP contribution in [0.25, 0.3) is 6.08 Å². The number of sulfonamides is 1. The lowest BCUT2D eigenvalue weighted by molar-refractivity contribution is -0.163. The monoisotopic (exact) mass is 631 g/mol. The van der Waals surface area contributed by atoms with Crippen LogP contribution in [0.2, 0.25) is 0 Å². The van der Waals surface area contributed by atoms with Crippen molar-refractivity contribution in [2.75, 3.05) is 31.0 Å². The molecule has 42 heavy (non-hydrogen) atoms. The molecule has 1 aromatic heterocycles. The van der Waals surface area contributed by atoms with Gasteiger partial charge in [0.2, 0.25) is 15.9 Å². The Morgan fingerprint density at radius 2 is 1.71 bits per heavy atom. The first-order valence-corrected chi connectivity index (χ1v) is 14.7. The molecular formula is C27H23F6N3O4S2. The topological polar surface area (TPSA) is 88.6 Å². The average Bonchev–Trinajstić information content (AvgIpc) is 2.91. The Morgan fingerprint density at radius 1 is 1.00 bits per heavy atom. The molecule has 1 aliphatic heterocycles. The van der Waals surface area contributed by atoms with E-state index < -0.39 is 55.6 Å². The van der Waals surface area contributed by atoms with Gasteiger partial charge in [0.25, 0.3) is 0 Å². The number of aromatic nitrogens is 1. The van der Waals surface area contributed by atoms with E-state index in [0.717, 1.165) is 24.3 Å². The van der Waals surface area contributed by atoms with E-state index in [0.29, 0.717) is 17.3 Å². The fourth-order valence-electron chi connectivity index (χ4n) is 4.13. The molecule has 0 atom stereocenters. The Kier molecular flexibility index (Phi) is 9.53. The zero-order valence-corrected chi connectivity index (χ0v) is 23.2. The van der Waals surface area contributed by atoms with Crippen LogP contribution in [0.15, 0.2) is 76.8 Å². The summed E-state index contributed by atoms with van der Waals surface area (Å²) in [5.74, 6) is -1.07. The van der Waals surface area contributed by atoms with Gasteiger partial charge >= 0.3 is 12.4 Å². The number of amides is 1. The summed E-state index contributed by atoms with van der Waals surface area (Å²) < 4.78 is 118. The van der Waals surface area contributed by atoms with E-state index in [1.807, 2.05) is 0 Å². The summed E-state index contributed by atoms with van der Waals surface area (Å²) in [6.07, 6.45) is -6.45. The minimum Gasteiger partial charge on any atom is -0.378 e. The Balaban J connectivity index is 1.65. The van der Waals surface area contributed by atoms with E-state index in [1.54, 1.807) is 12.1 Å². The number of morpholine rings is 1. The maximum atomic E-state index is 14.2. The molecule has 3 aromatic rings. The van der Waals surface area contributed by atoms with Crippen LogP contribution in [-0.4, -0.2) is 50.5 Å². The van der Waals surface area contributed by atoms with Crippen molar-refractivity contribution in [2.45, 2.75) is 27.9 Å². The zero-order valence-electron chi connectivity index (χ0n) is 21.6. The van der Waals surface area contributed by atoms with Gasteiger partial charge in [0.1, 0.15) is 0 Å². The van der Waals surface area contributed by atoms with Crippen molar-refractivity contribution < 1.29 is 44.3 Å². The van der Waals surface area contributed by atoms with E-state index in [-0.39, 0.29) is 36.9 Å². The molecule has 7 nitrogen and oxygen atoms in total. The standard InChI is InChI=1S/C27H23F6N3O4S2/c28-26(29,30)24-19(7-9-23(37)36-11-13-40-14-12-36)6-8-22(25(24)27(31,32)33)41-21-5-1-4-20(15-21)35-42(38,39)17-18-3-2-10-34-16-18/h1-10,15-16,35H,11-14,17H2. The molecule has 1 fully saturated rings. The summed E-state index contributed by atoms with van der Waals surface area (Å²) in [4.78, 5) is 16.8. The van der Waals surface area contributed by atoms with Crippen molar-refractivity contribution in [1.82, 2.24) is 9.88 Å². The van der Waals surface area contributed by atoms with Crippen molar-refractivity contribution in [1.29, 1.82) is 0 Å². The largest absolute Gasteiger partial charge is 0.418 e. The Morgan fingerprint density at radius 3 is 2.36 bits per heavy atom. The van der Waals surface area contributed by atoms with Crippen LogP contribution < -0.4 is 4.72 Å². The quantitative estimate of drug-likeness (QED) is 0.240. The first-order chi connectivity index (χ1) is 19.7. The highest BCUT2D eigenvalue weighted by Crippen LogP contribution is 2.48. The Labute approximate surface area is 241 Å². The summed E-state index contributed by atoms with van der Waals surface area (Å²) >= 11 is 0.393. The highest BCUT2D eigenvalue weighted by Gasteiger charge is 2.46. The van der Waals surface area contributed by atoms with Crippen molar-refractivity contribution >= 4 is 39.5 Å². The number of nitrogens with one attached hydrogen (secondary N) is 1. The third-order valence-electron chi connectivity index (χ3n) is 5.91. The van der Waals surface area contributed by atoms with Crippen LogP contribution in [0.4, 0.5) is 32.0 Å². The second-order valence-corrected chi connectivity index (χ2v) is 11.9. The first kappa shape index (κ1) is 31.4. The third kappa shape index (κ3) is 8.26. The molecule has 2 aromatic carbocycles. The average molecular weight is 632 g/mol. The molecule has 4 rings (SSSR count). The van der Waals surface area contributed by atoms with Gasteiger partial charge < -0.3 is 9.64 Å². The summed E-state index contributed by atoms with van der Waals surface area (Å²) in [6, 6.07) is 10.1. The molecule has 0 aliphatic carbocycles. The number of hydrogen-bond acceptors (Lipinski definition) is 6. The number of anilines is 1. The molecule has 224 valence electrons. The van der Waals surface area contributed by atoms with Gasteiger partial charge in [0.15, 0.2) is 0 Å². The van der Waals surface area contributed by atoms with Gasteiger partial charge in [-0.15, -0.1) is 0 Å². The van der Waals surface area contributed by atoms with Crippen LogP contribution in [-0.2, 0) is 37.7 Å². The molecular weight excluding hydrogens is 608 g/mol. The highest BCUT2D eigenvalue weighted by molar-refractivity contribution is 7.99. The van der Waals surface area contributed by atoms with Crippen molar-refractivity contribution in [3.05, 3.63) is 89.3 Å². The predicted octanol–water partition coefficient (Wildman–Crippen LogP) is 6.08. The molecule has 2 heterocycles. The van der Waals surface area contributed by atoms with Crippen molar-refractivity contribution in [2.24, 2.45) is 0 Å². The van der Waals surface area contributed by atoms with Gasteiger partial charge in [0, 0.05) is 47.0 Å². The van der Waals surface area contributed by atoms with Crippen LogP contribution in [0, 0.1) is 0 Å². The fourth-order valence-corrected chi connectivity index (χ4v) is 6.34. The van der Waals surface area contributed by atoms with Gasteiger partial charge in [-0.1, -0.05) is 30.0 Å². The van der Waals surface area contributed by atoms with E-state index in [2.05, 4.69) is 9.71 Å². The minimum absolute atomic E-state index is 0.00896. The number of halogens is 6. The van der Waals surface area contributed by atoms with E-state index in [4.69, 9.17) is 4.74 Å². The molecule has 1 amide bonds. The third-order valence-corrected chi connectivity index (χ3v) is 8.22. The van der Waals surface area contributed by atoms with Crippen molar-refractivity contribution in [3.63, 3.8) is 0 Å². The normalized spacial score (nSPS) is 14.8. The number of hydrogen-bond donors (Lipinski definition) is 1. The lowest BCUT2D eigenvalue weighted by atomic mass is 9.99. The van der Waals surface area contributed by atoms with Crippen molar-refractivity contribution in [3.8, 4) is 0 Å². The second-order valence-electron chi connectivity index (χ2n) is 9.02. The second kappa shape index (κ2) is 12.8. The van der Waals surface area contributed by atoms with E-state index in [1.165, 1.54) is 41.6 Å². The maximum absolute atomic E-state index is 14.2. The molecule has 1 saturated heterocycles. The lowest BCUT2D eigenvalue weighted by Gasteiger charge is -2.25. The molecule has 0 spiro atoms. The molecule has 0 saturated carbocycles. The number of benzene rings is 2. The summed E-state index contributed by atoms with van der Waals surface area (Å²) in [6.45, 7) is 0.893. The Hall–Kier alpha value is -3.56. The number of nitrogens with zero attached hydrogens (tertiary/aromatic N) is 2. The summed E-state index contributed by atoms with van der Waals surface area (Å²) in [5.41, 5.74) is -4.26. The summed E-state index contributed by atoms with van der Waals surface area (Å²) in [7, 11) is -3.94. The number of carbonyl (C=O) groups excluding carboxylic acids is 1. The molecule has 0 bridgehead atoms. The lowest BCUT2D eigenvalue weighted by Crippen LogP contribution is -2.39. The number of alkyl halides is 6. The Bertz CT molecular complexity index is 1560. The number of rotatable bonds is 8. The van der Waals surface area contributed by atoms with Crippen LogP contribution in [0.1, 0.15) is 22.3 Å². The van der Waals surface area contributed by atoms with Gasteiger partial charge in [-0.3, -0.25) is 14.5 Å². The molecule has 1 N–H and O–H groups in total. The fraction of sp³-hybridized carbons (Fsp3) is 0.259. The van der Waals surface area contributed by atoms with Gasteiger partial charge in [-0.2, -0.15) is 26.3 Å². The van der Waals surface area contributed by atoms with Gasteiger partial charge in [0.05, 0.1) is 30.1 Å². The van der Waals surface area contributed by atoms with Gasteiger partial charge in [-0.25, -0.2) is 8.42 Å². The molecule has 1 aliphatic rings. The predicted molar refractivity (Wildman–Crippen MR) is 144 cm³/mol. The molecule has 15 heteroatoms.